The minimum Gasteiger partial charge on any atom is -0.493 e. The molecular formula is C22H22N2O5. The van der Waals surface area contributed by atoms with Crippen LogP contribution in [0.3, 0.4) is 0 Å². The van der Waals surface area contributed by atoms with E-state index < -0.39 is 5.91 Å². The molecule has 3 aromatic rings. The summed E-state index contributed by atoms with van der Waals surface area (Å²) in [7, 11) is 1.49. The molecule has 1 unspecified atom stereocenters. The van der Waals surface area contributed by atoms with E-state index in [9.17, 15) is 9.59 Å². The Morgan fingerprint density at radius 3 is 2.69 bits per heavy atom. The molecule has 1 aromatic heterocycles. The van der Waals surface area contributed by atoms with Crippen LogP contribution >= 0.6 is 0 Å². The van der Waals surface area contributed by atoms with E-state index in [1.807, 2.05) is 37.3 Å². The number of amides is 2. The summed E-state index contributed by atoms with van der Waals surface area (Å²) >= 11 is 0. The van der Waals surface area contributed by atoms with Gasteiger partial charge in [0.15, 0.2) is 18.1 Å². The number of benzene rings is 2. The first-order chi connectivity index (χ1) is 14.0. The predicted octanol–water partition coefficient (Wildman–Crippen LogP) is 3.20. The maximum absolute atomic E-state index is 12.3. The van der Waals surface area contributed by atoms with Crippen LogP contribution in [0.1, 0.15) is 24.3 Å². The standard InChI is InChI=1S/C22H22N2O5/c1-14(19-12-16-5-3-4-6-17(16)29-19)24-22(26)10-8-15-7-9-18(20(11-15)27-2)28-13-21(23)25/h3-12,14H,13H2,1-2H3,(H2,23,25)(H,24,26)/b10-8+. The van der Waals surface area contributed by atoms with Crippen LogP contribution in [0.25, 0.3) is 17.0 Å². The molecule has 29 heavy (non-hydrogen) atoms. The number of nitrogens with one attached hydrogen (secondary N) is 1. The van der Waals surface area contributed by atoms with Gasteiger partial charge in [0.2, 0.25) is 5.91 Å². The summed E-state index contributed by atoms with van der Waals surface area (Å²) in [5.41, 5.74) is 6.60. The molecule has 7 nitrogen and oxygen atoms in total. The first kappa shape index (κ1) is 20.0. The second-order valence-corrected chi connectivity index (χ2v) is 6.42. The van der Waals surface area contributed by atoms with Crippen LogP contribution in [0.5, 0.6) is 11.5 Å². The van der Waals surface area contributed by atoms with E-state index in [1.165, 1.54) is 13.2 Å². The van der Waals surface area contributed by atoms with Crippen molar-refractivity contribution in [2.24, 2.45) is 5.73 Å². The molecule has 2 aromatic carbocycles. The van der Waals surface area contributed by atoms with Crippen molar-refractivity contribution in [3.05, 3.63) is 65.9 Å². The van der Waals surface area contributed by atoms with E-state index >= 15 is 0 Å². The average molecular weight is 394 g/mol. The highest BCUT2D eigenvalue weighted by atomic mass is 16.5. The van der Waals surface area contributed by atoms with Crippen molar-refractivity contribution < 1.29 is 23.5 Å². The highest BCUT2D eigenvalue weighted by Crippen LogP contribution is 2.28. The quantitative estimate of drug-likeness (QED) is 0.571. The second-order valence-electron chi connectivity index (χ2n) is 6.42. The highest BCUT2D eigenvalue weighted by Gasteiger charge is 2.13. The van der Waals surface area contributed by atoms with Gasteiger partial charge in [0.25, 0.3) is 5.91 Å². The first-order valence-electron chi connectivity index (χ1n) is 9.02. The van der Waals surface area contributed by atoms with Gasteiger partial charge in [-0.1, -0.05) is 24.3 Å². The number of para-hydroxylation sites is 1. The lowest BCUT2D eigenvalue weighted by atomic mass is 10.1. The Bertz CT molecular complexity index is 1020. The number of primary amides is 1. The van der Waals surface area contributed by atoms with E-state index in [-0.39, 0.29) is 18.6 Å². The van der Waals surface area contributed by atoms with Gasteiger partial charge in [0.1, 0.15) is 11.3 Å². The van der Waals surface area contributed by atoms with Crippen LogP contribution < -0.4 is 20.5 Å². The van der Waals surface area contributed by atoms with Crippen molar-refractivity contribution in [3.8, 4) is 11.5 Å². The van der Waals surface area contributed by atoms with Gasteiger partial charge in [-0.3, -0.25) is 9.59 Å². The number of nitrogens with two attached hydrogens (primary N) is 1. The van der Waals surface area contributed by atoms with Gasteiger partial charge in [-0.05, 0) is 42.8 Å². The number of methoxy groups -OCH3 is 1. The number of ether oxygens (including phenoxy) is 2. The van der Waals surface area contributed by atoms with Crippen LogP contribution in [0.4, 0.5) is 0 Å². The Labute approximate surface area is 168 Å². The van der Waals surface area contributed by atoms with Crippen molar-refractivity contribution >= 4 is 28.9 Å². The number of furan rings is 1. The normalized spacial score (nSPS) is 12.1. The Morgan fingerprint density at radius 1 is 1.17 bits per heavy atom. The molecule has 0 bridgehead atoms. The second kappa shape index (κ2) is 8.97. The minimum absolute atomic E-state index is 0.242. The van der Waals surface area contributed by atoms with Gasteiger partial charge in [-0.15, -0.1) is 0 Å². The molecule has 0 aliphatic rings. The maximum Gasteiger partial charge on any atom is 0.255 e. The lowest BCUT2D eigenvalue weighted by molar-refractivity contribution is -0.120. The number of fused-ring (bicyclic) bond motifs is 1. The molecule has 0 aliphatic heterocycles. The average Bonchev–Trinajstić information content (AvgIpc) is 3.15. The largest absolute Gasteiger partial charge is 0.493 e. The van der Waals surface area contributed by atoms with Crippen molar-refractivity contribution in [2.45, 2.75) is 13.0 Å². The Hall–Kier alpha value is -3.74. The molecular weight excluding hydrogens is 372 g/mol. The summed E-state index contributed by atoms with van der Waals surface area (Å²) in [6.45, 7) is 1.62. The molecule has 0 aliphatic carbocycles. The van der Waals surface area contributed by atoms with Crippen LogP contribution in [-0.2, 0) is 9.59 Å². The minimum atomic E-state index is -0.578. The molecule has 150 valence electrons. The Balaban J connectivity index is 1.64. The molecule has 1 atom stereocenters. The smallest absolute Gasteiger partial charge is 0.255 e. The summed E-state index contributed by atoms with van der Waals surface area (Å²) in [4.78, 5) is 23.1. The summed E-state index contributed by atoms with van der Waals surface area (Å²) in [6.07, 6.45) is 3.08. The fourth-order valence-electron chi connectivity index (χ4n) is 2.78. The summed E-state index contributed by atoms with van der Waals surface area (Å²) in [5.74, 6) is 0.679. The molecule has 0 saturated heterocycles. The molecule has 7 heteroatoms. The van der Waals surface area contributed by atoms with E-state index in [2.05, 4.69) is 5.32 Å². The fourth-order valence-corrected chi connectivity index (χ4v) is 2.78. The molecule has 2 amide bonds. The SMILES string of the molecule is COc1cc(/C=C/C(=O)NC(C)c2cc3ccccc3o2)ccc1OCC(N)=O. The monoisotopic (exact) mass is 394 g/mol. The molecule has 0 radical (unpaired) electrons. The van der Waals surface area contributed by atoms with Gasteiger partial charge >= 0.3 is 0 Å². The van der Waals surface area contributed by atoms with Gasteiger partial charge in [-0.25, -0.2) is 0 Å². The number of rotatable bonds is 8. The van der Waals surface area contributed by atoms with Gasteiger partial charge in [-0.2, -0.15) is 0 Å². The van der Waals surface area contributed by atoms with Crippen LogP contribution in [0.15, 0.2) is 59.0 Å². The molecule has 3 N–H and O–H groups in total. The summed E-state index contributed by atoms with van der Waals surface area (Å²) in [5, 5.41) is 3.86. The number of hydrogen-bond donors (Lipinski definition) is 2. The van der Waals surface area contributed by atoms with Crippen LogP contribution in [0, 0.1) is 0 Å². The van der Waals surface area contributed by atoms with E-state index in [0.29, 0.717) is 17.3 Å². The van der Waals surface area contributed by atoms with Gasteiger partial charge in [0.05, 0.1) is 13.2 Å². The third-order valence-corrected chi connectivity index (χ3v) is 4.21. The van der Waals surface area contributed by atoms with Gasteiger partial charge in [0, 0.05) is 11.5 Å². The Kier molecular flexibility index (Phi) is 6.19. The third-order valence-electron chi connectivity index (χ3n) is 4.21. The maximum atomic E-state index is 12.3. The zero-order valence-corrected chi connectivity index (χ0v) is 16.2. The molecule has 3 rings (SSSR count). The molecule has 0 spiro atoms. The Morgan fingerprint density at radius 2 is 1.97 bits per heavy atom. The van der Waals surface area contributed by atoms with E-state index in [1.54, 1.807) is 24.3 Å². The number of carbonyl (C=O) groups is 2. The molecule has 0 saturated carbocycles. The summed E-state index contributed by atoms with van der Waals surface area (Å²) in [6, 6.07) is 14.4. The highest BCUT2D eigenvalue weighted by molar-refractivity contribution is 5.92. The predicted molar refractivity (Wildman–Crippen MR) is 109 cm³/mol. The van der Waals surface area contributed by atoms with Crippen molar-refractivity contribution in [1.29, 1.82) is 0 Å². The van der Waals surface area contributed by atoms with Crippen molar-refractivity contribution in [1.82, 2.24) is 5.32 Å². The van der Waals surface area contributed by atoms with Crippen LogP contribution in [0.2, 0.25) is 0 Å². The first-order valence-corrected chi connectivity index (χ1v) is 9.02. The van der Waals surface area contributed by atoms with Crippen molar-refractivity contribution in [2.75, 3.05) is 13.7 Å². The zero-order chi connectivity index (χ0) is 20.8. The van der Waals surface area contributed by atoms with Crippen molar-refractivity contribution in [3.63, 3.8) is 0 Å². The number of hydrogen-bond acceptors (Lipinski definition) is 5. The zero-order valence-electron chi connectivity index (χ0n) is 16.2. The fraction of sp³-hybridized carbons (Fsp3) is 0.182. The lowest BCUT2D eigenvalue weighted by Crippen LogP contribution is -2.24. The van der Waals surface area contributed by atoms with E-state index in [4.69, 9.17) is 19.6 Å². The number of carbonyl (C=O) groups excluding carboxylic acids is 2. The van der Waals surface area contributed by atoms with Gasteiger partial charge < -0.3 is 24.9 Å². The lowest BCUT2D eigenvalue weighted by Gasteiger charge is -2.10. The molecule has 1 heterocycles. The third kappa shape index (κ3) is 5.16. The van der Waals surface area contributed by atoms with E-state index in [0.717, 1.165) is 16.5 Å². The summed E-state index contributed by atoms with van der Waals surface area (Å²) < 4.78 is 16.3. The topological polar surface area (TPSA) is 104 Å². The van der Waals surface area contributed by atoms with Crippen LogP contribution in [-0.4, -0.2) is 25.5 Å². The molecule has 0 fully saturated rings.